The molecule has 0 radical (unpaired) electrons. The van der Waals surface area contributed by atoms with Crippen molar-refractivity contribution in [1.82, 2.24) is 4.90 Å². The largest absolute Gasteiger partial charge is 0.347 e. The van der Waals surface area contributed by atoms with E-state index in [-0.39, 0.29) is 5.91 Å². The number of halogens is 1. The van der Waals surface area contributed by atoms with Crippen LogP contribution in [0.3, 0.4) is 0 Å². The van der Waals surface area contributed by atoms with Crippen molar-refractivity contribution >= 4 is 24.4 Å². The summed E-state index contributed by atoms with van der Waals surface area (Å²) in [6, 6.07) is 22.4. The van der Waals surface area contributed by atoms with Crippen molar-refractivity contribution in [2.75, 3.05) is 13.2 Å². The average molecular weight is 332 g/mol. The molecule has 0 bridgehead atoms. The lowest BCUT2D eigenvalue weighted by atomic mass is 10.2. The van der Waals surface area contributed by atoms with E-state index in [1.807, 2.05) is 43.4 Å². The molecule has 0 spiro atoms. The van der Waals surface area contributed by atoms with E-state index in [0.29, 0.717) is 6.17 Å². The number of nitrogens with zero attached hydrogens (tertiary/aromatic N) is 1. The van der Waals surface area contributed by atoms with Crippen LogP contribution in [-0.2, 0) is 16.9 Å². The smallest absolute Gasteiger partial charge is 0.218 e. The maximum Gasteiger partial charge on any atom is 0.218 e. The van der Waals surface area contributed by atoms with Crippen molar-refractivity contribution in [2.45, 2.75) is 19.0 Å². The minimum atomic E-state index is -2.18. The van der Waals surface area contributed by atoms with E-state index in [0.717, 1.165) is 12.1 Å². The molecule has 0 saturated carbocycles. The Balaban J connectivity index is 2.21. The number of carbonyl (C=O) groups excluding carboxylic acids is 1. The van der Waals surface area contributed by atoms with E-state index in [9.17, 15) is 4.79 Å². The van der Waals surface area contributed by atoms with Gasteiger partial charge in [0.1, 0.15) is 0 Å². The Morgan fingerprint density at radius 3 is 1.73 bits per heavy atom. The van der Waals surface area contributed by atoms with E-state index in [4.69, 9.17) is 11.1 Å². The van der Waals surface area contributed by atoms with Crippen molar-refractivity contribution < 1.29 is 4.79 Å². The molecular weight excluding hydrogens is 310 g/mol. The molecule has 0 unspecified atom stereocenters. The third-order valence-electron chi connectivity index (χ3n) is 3.79. The Labute approximate surface area is 138 Å². The fourth-order valence-corrected chi connectivity index (χ4v) is 7.45. The van der Waals surface area contributed by atoms with Gasteiger partial charge in [0.25, 0.3) is 0 Å². The predicted octanol–water partition coefficient (Wildman–Crippen LogP) is 3.75. The zero-order valence-corrected chi connectivity index (χ0v) is 14.9. The highest BCUT2D eigenvalue weighted by Gasteiger charge is 2.33. The van der Waals surface area contributed by atoms with Crippen LogP contribution in [-0.4, -0.2) is 31.4 Å². The quantitative estimate of drug-likeness (QED) is 0.583. The molecule has 1 amide bonds. The summed E-state index contributed by atoms with van der Waals surface area (Å²) in [4.78, 5) is 13.4. The second-order valence-corrected chi connectivity index (χ2v) is 11.6. The Bertz CT molecular complexity index is 561. The van der Waals surface area contributed by atoms with Crippen molar-refractivity contribution in [1.29, 1.82) is 0 Å². The van der Waals surface area contributed by atoms with Crippen molar-refractivity contribution in [3.05, 3.63) is 71.8 Å². The first kappa shape index (κ1) is 16.8. The molecule has 0 aromatic heterocycles. The van der Waals surface area contributed by atoms with Gasteiger partial charge in [0.15, 0.2) is 7.38 Å². The number of carbonyl (C=O) groups is 1. The van der Waals surface area contributed by atoms with Gasteiger partial charge in [-0.2, -0.15) is 11.1 Å². The fourth-order valence-electron chi connectivity index (χ4n) is 2.63. The summed E-state index contributed by atoms with van der Waals surface area (Å²) in [6.07, 6.45) is 0.660. The van der Waals surface area contributed by atoms with Crippen LogP contribution in [0.5, 0.6) is 0 Å². The number of hydrogen-bond acceptors (Lipinski definition) is 1. The summed E-state index contributed by atoms with van der Waals surface area (Å²) in [7, 11) is -0.344. The predicted molar refractivity (Wildman–Crippen MR) is 95.2 cm³/mol. The molecule has 0 aliphatic heterocycles. The van der Waals surface area contributed by atoms with E-state index in [1.54, 1.807) is 11.8 Å². The average Bonchev–Trinajstić information content (AvgIpc) is 2.48. The first-order valence-electron chi connectivity index (χ1n) is 7.47. The van der Waals surface area contributed by atoms with E-state index in [1.165, 1.54) is 11.1 Å². The molecule has 0 fully saturated rings. The Hall–Kier alpha value is -1.58. The van der Waals surface area contributed by atoms with Gasteiger partial charge in [-0.1, -0.05) is 60.7 Å². The highest BCUT2D eigenvalue weighted by Crippen LogP contribution is 2.22. The molecule has 2 aromatic carbocycles. The minimum Gasteiger partial charge on any atom is -0.347 e. The molecule has 0 atom stereocenters. The third kappa shape index (κ3) is 5.00. The van der Waals surface area contributed by atoms with Crippen LogP contribution in [0, 0.1) is 0 Å². The summed E-state index contributed by atoms with van der Waals surface area (Å²) < 4.78 is 0. The molecule has 0 aliphatic rings. The van der Waals surface area contributed by atoms with Gasteiger partial charge in [-0.15, -0.1) is 0 Å². The lowest BCUT2D eigenvalue weighted by molar-refractivity contribution is -0.126. The molecule has 116 valence electrons. The summed E-state index contributed by atoms with van der Waals surface area (Å²) in [5.74, 6) is 0.0682. The lowest BCUT2D eigenvalue weighted by Crippen LogP contribution is -2.47. The summed E-state index contributed by atoms with van der Waals surface area (Å²) >= 11 is 7.09. The van der Waals surface area contributed by atoms with Gasteiger partial charge < -0.3 is 4.90 Å². The van der Waals surface area contributed by atoms with Crippen LogP contribution in [0.2, 0.25) is 0 Å². The maximum absolute atomic E-state index is 11.6. The zero-order chi connectivity index (χ0) is 16.0. The second-order valence-electron chi connectivity index (χ2n) is 5.85. The molecule has 0 saturated heterocycles. The van der Waals surface area contributed by atoms with E-state index in [2.05, 4.69) is 24.3 Å². The number of rotatable bonds is 6. The first-order valence-corrected chi connectivity index (χ1v) is 11.1. The van der Waals surface area contributed by atoms with Crippen molar-refractivity contribution in [2.24, 2.45) is 0 Å². The van der Waals surface area contributed by atoms with Gasteiger partial charge in [-0.3, -0.25) is 4.79 Å². The maximum atomic E-state index is 11.6. The van der Waals surface area contributed by atoms with E-state index >= 15 is 0 Å². The molecule has 0 heterocycles. The Morgan fingerprint density at radius 1 is 0.955 bits per heavy atom. The van der Waals surface area contributed by atoms with Gasteiger partial charge in [0.2, 0.25) is 5.91 Å². The highest BCUT2D eigenvalue weighted by atomic mass is 35.6. The van der Waals surface area contributed by atoms with Gasteiger partial charge in [0.05, 0.1) is 0 Å². The number of benzene rings is 2. The molecule has 2 rings (SSSR count). The standard InChI is InChI=1S/C18H22ClNOSi/c1-16(21)20(2)15-22(19,13-17-9-5-3-6-10-17)14-18-11-7-4-8-12-18/h3-12H,13-15H2,1-2H3. The zero-order valence-electron chi connectivity index (χ0n) is 13.1. The van der Waals surface area contributed by atoms with Crippen molar-refractivity contribution in [3.8, 4) is 0 Å². The number of amides is 1. The first-order chi connectivity index (χ1) is 10.5. The highest BCUT2D eigenvalue weighted by molar-refractivity contribution is 7.19. The molecule has 4 heteroatoms. The van der Waals surface area contributed by atoms with Crippen molar-refractivity contribution in [3.63, 3.8) is 0 Å². The van der Waals surface area contributed by atoms with Crippen LogP contribution in [0.15, 0.2) is 60.7 Å². The van der Waals surface area contributed by atoms with Crippen LogP contribution >= 0.6 is 11.1 Å². The molecule has 2 nitrogen and oxygen atoms in total. The molecule has 2 aromatic rings. The van der Waals surface area contributed by atoms with Crippen LogP contribution in [0.25, 0.3) is 0 Å². The number of hydrogen-bond donors (Lipinski definition) is 0. The normalized spacial score (nSPS) is 11.2. The monoisotopic (exact) mass is 331 g/mol. The van der Waals surface area contributed by atoms with Crippen LogP contribution in [0.4, 0.5) is 0 Å². The topological polar surface area (TPSA) is 20.3 Å². The van der Waals surface area contributed by atoms with Gasteiger partial charge in [-0.25, -0.2) is 0 Å². The fraction of sp³-hybridized carbons (Fsp3) is 0.278. The van der Waals surface area contributed by atoms with Gasteiger partial charge in [-0.05, 0) is 23.2 Å². The van der Waals surface area contributed by atoms with Gasteiger partial charge in [0, 0.05) is 20.1 Å². The Morgan fingerprint density at radius 2 is 1.36 bits per heavy atom. The van der Waals surface area contributed by atoms with E-state index < -0.39 is 7.38 Å². The Kier molecular flexibility index (Phi) is 5.81. The second kappa shape index (κ2) is 7.61. The molecule has 0 aliphatic carbocycles. The lowest BCUT2D eigenvalue weighted by Gasteiger charge is -2.29. The summed E-state index contributed by atoms with van der Waals surface area (Å²) in [5, 5.41) is 0. The van der Waals surface area contributed by atoms with Crippen LogP contribution in [0.1, 0.15) is 18.1 Å². The summed E-state index contributed by atoms with van der Waals surface area (Å²) in [6.45, 7) is 1.59. The third-order valence-corrected chi connectivity index (χ3v) is 8.07. The molecule has 22 heavy (non-hydrogen) atoms. The van der Waals surface area contributed by atoms with Gasteiger partial charge >= 0.3 is 0 Å². The SMILES string of the molecule is CC(=O)N(C)C[Si](Cl)(Cc1ccccc1)Cc1ccccc1. The summed E-state index contributed by atoms with van der Waals surface area (Å²) in [5.41, 5.74) is 2.49. The molecular formula is C18H22ClNOSi. The minimum absolute atomic E-state index is 0.0682. The van der Waals surface area contributed by atoms with Crippen LogP contribution < -0.4 is 0 Å². The molecule has 0 N–H and O–H groups in total.